The summed E-state index contributed by atoms with van der Waals surface area (Å²) in [5, 5.41) is 10.7. The Labute approximate surface area is 267 Å². The van der Waals surface area contributed by atoms with Gasteiger partial charge < -0.3 is 59.7 Å². The molecular formula is C20H26N10O10P2S3. The lowest BCUT2D eigenvalue weighted by molar-refractivity contribution is -0.0502. The van der Waals surface area contributed by atoms with Gasteiger partial charge >= 0.3 is 14.5 Å². The van der Waals surface area contributed by atoms with Crippen molar-refractivity contribution in [2.45, 2.75) is 49.7 Å². The first-order chi connectivity index (χ1) is 21.2. The van der Waals surface area contributed by atoms with Crippen molar-refractivity contribution < 1.29 is 47.4 Å². The first-order valence-corrected chi connectivity index (χ1v) is 17.9. The van der Waals surface area contributed by atoms with Gasteiger partial charge in [0.2, 0.25) is 0 Å². The molecule has 244 valence electrons. The number of H-pyrrole nitrogens is 2. The van der Waals surface area contributed by atoms with Crippen LogP contribution in [-0.4, -0.2) is 96.5 Å². The number of nitrogen functional groups attached to an aromatic ring is 2. The lowest BCUT2D eigenvalue weighted by Crippen LogP contribution is -2.29. The van der Waals surface area contributed by atoms with Crippen molar-refractivity contribution in [3.63, 3.8) is 0 Å². The third-order valence-electron chi connectivity index (χ3n) is 7.01. The second-order valence-electron chi connectivity index (χ2n) is 10.0. The number of aliphatic hydroxyl groups is 1. The molecule has 0 bridgehead atoms. The fraction of sp³-hybridized carbons (Fsp3) is 0.500. The van der Waals surface area contributed by atoms with E-state index < -0.39 is 58.0 Å². The zero-order valence-corrected chi connectivity index (χ0v) is 26.9. The molecule has 4 aromatic rings. The van der Waals surface area contributed by atoms with Gasteiger partial charge in [-0.1, -0.05) is 24.4 Å². The van der Waals surface area contributed by atoms with E-state index in [1.54, 1.807) is 4.57 Å². The predicted molar refractivity (Wildman–Crippen MR) is 163 cm³/mol. The number of hydrogen-bond acceptors (Lipinski definition) is 16. The number of nitrogens with zero attached hydrogens (tertiary/aromatic N) is 6. The Bertz CT molecular complexity index is 1960. The topological polar surface area (TPSA) is 289 Å². The number of ether oxygens (including phenoxy) is 2. The molecule has 6 heterocycles. The number of nitrogens with two attached hydrogens (primary N) is 2. The minimum absolute atomic E-state index is 0.0173. The molecule has 25 heteroatoms. The van der Waals surface area contributed by atoms with E-state index in [9.17, 15) is 24.4 Å². The van der Waals surface area contributed by atoms with E-state index in [1.807, 2.05) is 0 Å². The number of imidazole rings is 2. The highest BCUT2D eigenvalue weighted by atomic mass is 32.5. The summed E-state index contributed by atoms with van der Waals surface area (Å²) >= 11 is 15.6. The van der Waals surface area contributed by atoms with Crippen LogP contribution >= 0.6 is 39.0 Å². The third kappa shape index (κ3) is 7.01. The largest absolute Gasteiger partial charge is 0.469 e. The highest BCUT2D eigenvalue weighted by Crippen LogP contribution is 2.50. The highest BCUT2D eigenvalue weighted by Gasteiger charge is 2.43. The fourth-order valence-corrected chi connectivity index (χ4v) is 7.36. The van der Waals surface area contributed by atoms with Crippen molar-refractivity contribution in [1.29, 1.82) is 0 Å². The molecular weight excluding hydrogens is 698 g/mol. The van der Waals surface area contributed by atoms with Gasteiger partial charge in [0.1, 0.15) is 47.0 Å². The van der Waals surface area contributed by atoms with Crippen LogP contribution in [-0.2, 0) is 39.4 Å². The summed E-state index contributed by atoms with van der Waals surface area (Å²) in [6.07, 6.45) is -2.60. The van der Waals surface area contributed by atoms with Gasteiger partial charge in [-0.25, -0.2) is 24.5 Å². The molecule has 10 N–H and O–H groups in total. The van der Waals surface area contributed by atoms with E-state index in [4.69, 9.17) is 66.2 Å². The fourth-order valence-electron chi connectivity index (χ4n) is 5.05. The molecule has 2 fully saturated rings. The van der Waals surface area contributed by atoms with Gasteiger partial charge in [-0.3, -0.25) is 13.7 Å². The quantitative estimate of drug-likeness (QED) is 0.0829. The predicted octanol–water partition coefficient (Wildman–Crippen LogP) is 0.820. The maximum atomic E-state index is 11.4. The van der Waals surface area contributed by atoms with Crippen LogP contribution in [0.1, 0.15) is 25.3 Å². The Morgan fingerprint density at radius 3 is 1.98 bits per heavy atom. The van der Waals surface area contributed by atoms with Crippen LogP contribution in [0.5, 0.6) is 0 Å². The molecule has 2 aliphatic heterocycles. The van der Waals surface area contributed by atoms with E-state index in [0.717, 1.165) is 0 Å². The van der Waals surface area contributed by atoms with E-state index >= 15 is 0 Å². The first-order valence-electron chi connectivity index (χ1n) is 13.0. The smallest absolute Gasteiger partial charge is 0.390 e. The minimum atomic E-state index is -4.89. The lowest BCUT2D eigenvalue weighted by Gasteiger charge is -2.25. The monoisotopic (exact) mass is 724 g/mol. The third-order valence-corrected chi connectivity index (χ3v) is 9.65. The molecule has 6 rings (SSSR count). The van der Waals surface area contributed by atoms with Gasteiger partial charge in [0.15, 0.2) is 21.2 Å². The Kier molecular flexibility index (Phi) is 8.95. The van der Waals surface area contributed by atoms with Gasteiger partial charge in [0.05, 0.1) is 38.1 Å². The Morgan fingerprint density at radius 1 is 0.911 bits per heavy atom. The maximum Gasteiger partial charge on any atom is 0.469 e. The number of phosphoric ester groups is 1. The number of phosphoric acid groups is 1. The molecule has 3 unspecified atom stereocenters. The summed E-state index contributed by atoms with van der Waals surface area (Å²) in [6, 6.07) is 0. The van der Waals surface area contributed by atoms with Crippen molar-refractivity contribution in [3.8, 4) is 0 Å². The zero-order chi connectivity index (χ0) is 32.3. The zero-order valence-electron chi connectivity index (χ0n) is 22.6. The number of anilines is 2. The summed E-state index contributed by atoms with van der Waals surface area (Å²) in [5.74, 6) is 0.115. The van der Waals surface area contributed by atoms with Gasteiger partial charge in [-0.15, -0.1) is 0 Å². The minimum Gasteiger partial charge on any atom is -0.390 e. The molecule has 0 radical (unpaired) electrons. The Morgan fingerprint density at radius 2 is 1.42 bits per heavy atom. The van der Waals surface area contributed by atoms with E-state index in [0.29, 0.717) is 22.3 Å². The van der Waals surface area contributed by atoms with Crippen LogP contribution in [0.15, 0.2) is 12.7 Å². The van der Waals surface area contributed by atoms with Crippen molar-refractivity contribution in [2.24, 2.45) is 0 Å². The van der Waals surface area contributed by atoms with E-state index in [2.05, 4.69) is 34.4 Å². The van der Waals surface area contributed by atoms with Crippen LogP contribution in [0.25, 0.3) is 22.3 Å². The van der Waals surface area contributed by atoms with Crippen molar-refractivity contribution in [1.82, 2.24) is 39.0 Å². The number of rotatable bonds is 10. The van der Waals surface area contributed by atoms with Crippen molar-refractivity contribution in [3.05, 3.63) is 21.9 Å². The number of nitrogens with one attached hydrogen (secondary N) is 2. The van der Waals surface area contributed by atoms with E-state index in [-0.39, 0.29) is 40.6 Å². The first kappa shape index (κ1) is 32.6. The van der Waals surface area contributed by atoms with Gasteiger partial charge in [-0.05, 0) is 11.8 Å². The number of fused-ring (bicyclic) bond motifs is 2. The van der Waals surface area contributed by atoms with Crippen molar-refractivity contribution in [2.75, 3.05) is 24.7 Å². The second-order valence-corrected chi connectivity index (χ2v) is 14.8. The average Bonchev–Trinajstić information content (AvgIpc) is 3.71. The number of aliphatic hydroxyl groups excluding tert-OH is 1. The SMILES string of the molecule is Nc1nc(=S)c2ncn([C@H]3CC(O)[C@@H](COP(O)(=S)OC4C[C@H](n5cnc6c(=S)nc(N)[nH]c65)O[C@@H]4COP(=O)(O)O)O3)c2[nH]1. The molecule has 2 saturated heterocycles. The summed E-state index contributed by atoms with van der Waals surface area (Å²) in [5.41, 5.74) is 13.1. The van der Waals surface area contributed by atoms with Crippen LogP contribution in [0.2, 0.25) is 0 Å². The van der Waals surface area contributed by atoms with E-state index in [1.165, 1.54) is 17.2 Å². The molecule has 7 atom stereocenters. The summed E-state index contributed by atoms with van der Waals surface area (Å²) < 4.78 is 42.8. The summed E-state index contributed by atoms with van der Waals surface area (Å²) in [6.45, 7) is -5.02. The Balaban J connectivity index is 1.14. The van der Waals surface area contributed by atoms with Crippen LogP contribution in [0.3, 0.4) is 0 Å². The van der Waals surface area contributed by atoms with Gasteiger partial charge in [-0.2, -0.15) is 0 Å². The maximum absolute atomic E-state index is 11.4. The Hall–Kier alpha value is -2.34. The molecule has 45 heavy (non-hydrogen) atoms. The second kappa shape index (κ2) is 12.4. The number of aromatic amines is 2. The molecule has 20 nitrogen and oxygen atoms in total. The summed E-state index contributed by atoms with van der Waals surface area (Å²) in [7, 11) is -4.89. The number of hydrogen-bond donors (Lipinski definition) is 8. The average molecular weight is 725 g/mol. The van der Waals surface area contributed by atoms with Crippen molar-refractivity contribution >= 4 is 85.0 Å². The molecule has 0 aliphatic carbocycles. The highest BCUT2D eigenvalue weighted by molar-refractivity contribution is 8.07. The van der Waals surface area contributed by atoms with Gasteiger partial charge in [0, 0.05) is 12.8 Å². The molecule has 4 aromatic heterocycles. The molecule has 2 aliphatic rings. The normalized spacial score (nSPS) is 27.0. The van der Waals surface area contributed by atoms with Crippen LogP contribution in [0.4, 0.5) is 11.9 Å². The molecule has 0 aromatic carbocycles. The van der Waals surface area contributed by atoms with Crippen LogP contribution < -0.4 is 11.5 Å². The standard InChI is InChI=1S/C20H26N10O10P2S3/c21-19-25-15-13(17(43)27-19)23-5-29(15)11-1-7(31)9(38-11)3-37-42(35,45)40-8-2-12(39-10(8)4-36-41(32,33)34)30-6-24-14-16(30)26-20(22)28-18(14)44/h5-12,31H,1-4H2,(H,35,45)(H2,32,33,34)(H3,21,25,27,43)(H3,22,26,28,44)/t7?,8?,9-,10-,11-,12-,42?/m1/s1. The summed E-state index contributed by atoms with van der Waals surface area (Å²) in [4.78, 5) is 51.6. The molecule has 0 spiro atoms. The molecule has 0 amide bonds. The van der Waals surface area contributed by atoms with Gasteiger partial charge in [0.25, 0.3) is 0 Å². The molecule has 0 saturated carbocycles. The number of aromatic nitrogens is 8. The van der Waals surface area contributed by atoms with Crippen LogP contribution in [0, 0.1) is 9.28 Å². The lowest BCUT2D eigenvalue weighted by atomic mass is 10.2.